The van der Waals surface area contributed by atoms with Gasteiger partial charge in [0.05, 0.1) is 0 Å². The summed E-state index contributed by atoms with van der Waals surface area (Å²) in [6, 6.07) is 15.6. The molecule has 0 bridgehead atoms. The van der Waals surface area contributed by atoms with Crippen molar-refractivity contribution in [2.24, 2.45) is 0 Å². The molecule has 0 atom stereocenters. The molecule has 0 aliphatic carbocycles. The van der Waals surface area contributed by atoms with Crippen LogP contribution in [0.5, 0.6) is 5.75 Å². The van der Waals surface area contributed by atoms with E-state index in [1.165, 1.54) is 10.8 Å². The minimum atomic E-state index is 0.263. The summed E-state index contributed by atoms with van der Waals surface area (Å²) >= 11 is 0. The van der Waals surface area contributed by atoms with Gasteiger partial charge in [-0.25, -0.2) is 4.98 Å². The van der Waals surface area contributed by atoms with Crippen molar-refractivity contribution >= 4 is 21.5 Å². The molecular weight excluding hydrogens is 248 g/mol. The third-order valence-electron chi connectivity index (χ3n) is 3.51. The first kappa shape index (κ1) is 11.1. The lowest BCUT2D eigenvalue weighted by atomic mass is 10.1. The maximum absolute atomic E-state index is 9.48. The minimum absolute atomic E-state index is 0.263. The minimum Gasteiger partial charge on any atom is -0.508 e. The van der Waals surface area contributed by atoms with Gasteiger partial charge in [-0.1, -0.05) is 30.3 Å². The number of phenols is 1. The van der Waals surface area contributed by atoms with E-state index in [0.29, 0.717) is 0 Å². The Kier molecular flexibility index (Phi) is 2.27. The summed E-state index contributed by atoms with van der Waals surface area (Å²) in [4.78, 5) is 4.47. The van der Waals surface area contributed by atoms with Crippen LogP contribution in [0.3, 0.4) is 0 Å². The van der Waals surface area contributed by atoms with Crippen molar-refractivity contribution in [1.29, 1.82) is 0 Å². The second-order valence-corrected chi connectivity index (χ2v) is 4.87. The van der Waals surface area contributed by atoms with Gasteiger partial charge in [0.1, 0.15) is 11.6 Å². The Hall–Kier alpha value is -2.81. The van der Waals surface area contributed by atoms with Gasteiger partial charge in [0.25, 0.3) is 0 Å². The maximum atomic E-state index is 9.48. The molecule has 0 radical (unpaired) electrons. The number of nitrogens with zero attached hydrogens (tertiary/aromatic N) is 2. The van der Waals surface area contributed by atoms with Gasteiger partial charge in [0.2, 0.25) is 0 Å². The summed E-state index contributed by atoms with van der Waals surface area (Å²) in [5.74, 6) is 1.14. The molecule has 20 heavy (non-hydrogen) atoms. The van der Waals surface area contributed by atoms with Crippen LogP contribution in [0.4, 0.5) is 0 Å². The first-order valence-electron chi connectivity index (χ1n) is 6.45. The second kappa shape index (κ2) is 4.10. The molecule has 0 unspecified atom stereocenters. The Morgan fingerprint density at radius 2 is 1.55 bits per heavy atom. The van der Waals surface area contributed by atoms with Gasteiger partial charge in [-0.15, -0.1) is 0 Å². The first-order chi connectivity index (χ1) is 9.79. The van der Waals surface area contributed by atoms with Crippen molar-refractivity contribution in [3.63, 3.8) is 0 Å². The van der Waals surface area contributed by atoms with Crippen molar-refractivity contribution < 1.29 is 5.11 Å². The number of fused-ring (bicyclic) bond motifs is 2. The van der Waals surface area contributed by atoms with Crippen LogP contribution in [0.25, 0.3) is 27.4 Å². The molecule has 2 aromatic carbocycles. The zero-order valence-corrected chi connectivity index (χ0v) is 10.7. The van der Waals surface area contributed by atoms with Gasteiger partial charge < -0.3 is 9.67 Å². The van der Waals surface area contributed by atoms with Crippen LogP contribution in [0.1, 0.15) is 0 Å². The average Bonchev–Trinajstić information content (AvgIpc) is 2.90. The molecule has 4 rings (SSSR count). The monoisotopic (exact) mass is 260 g/mol. The van der Waals surface area contributed by atoms with Crippen LogP contribution in [0, 0.1) is 0 Å². The van der Waals surface area contributed by atoms with Crippen molar-refractivity contribution in [3.05, 3.63) is 67.1 Å². The largest absolute Gasteiger partial charge is 0.508 e. The lowest BCUT2D eigenvalue weighted by Gasteiger charge is -2.04. The highest BCUT2D eigenvalue weighted by Gasteiger charge is 2.03. The van der Waals surface area contributed by atoms with Crippen LogP contribution in [0.15, 0.2) is 67.1 Å². The molecule has 0 spiro atoms. The number of rotatable bonds is 1. The van der Waals surface area contributed by atoms with Crippen molar-refractivity contribution in [1.82, 2.24) is 9.55 Å². The van der Waals surface area contributed by atoms with Gasteiger partial charge >= 0.3 is 0 Å². The van der Waals surface area contributed by atoms with E-state index in [1.54, 1.807) is 18.3 Å². The fourth-order valence-electron chi connectivity index (χ4n) is 2.47. The van der Waals surface area contributed by atoms with Crippen molar-refractivity contribution in [2.45, 2.75) is 0 Å². The maximum Gasteiger partial charge on any atom is 0.137 e. The number of pyridine rings is 1. The smallest absolute Gasteiger partial charge is 0.137 e. The van der Waals surface area contributed by atoms with Gasteiger partial charge in [0, 0.05) is 24.0 Å². The predicted molar refractivity (Wildman–Crippen MR) is 80.2 cm³/mol. The summed E-state index contributed by atoms with van der Waals surface area (Å²) in [6.45, 7) is 0. The zero-order valence-electron chi connectivity index (χ0n) is 10.7. The third kappa shape index (κ3) is 1.72. The summed E-state index contributed by atoms with van der Waals surface area (Å²) in [7, 11) is 0. The van der Waals surface area contributed by atoms with Crippen LogP contribution in [-0.4, -0.2) is 14.7 Å². The Morgan fingerprint density at radius 1 is 0.800 bits per heavy atom. The molecule has 4 aromatic rings. The van der Waals surface area contributed by atoms with Crippen LogP contribution < -0.4 is 0 Å². The normalized spacial score (nSPS) is 11.2. The van der Waals surface area contributed by atoms with Crippen LogP contribution >= 0.6 is 0 Å². The molecule has 1 N–H and O–H groups in total. The molecule has 0 amide bonds. The molecule has 0 saturated heterocycles. The highest BCUT2D eigenvalue weighted by Crippen LogP contribution is 2.23. The molecule has 2 heterocycles. The van der Waals surface area contributed by atoms with Crippen LogP contribution in [-0.2, 0) is 0 Å². The Labute approximate surface area is 115 Å². The summed E-state index contributed by atoms with van der Waals surface area (Å²) < 4.78 is 2.02. The number of aromatic nitrogens is 2. The zero-order chi connectivity index (χ0) is 13.5. The molecule has 0 aliphatic heterocycles. The summed E-state index contributed by atoms with van der Waals surface area (Å²) in [5.41, 5.74) is 0. The highest BCUT2D eigenvalue weighted by atomic mass is 16.3. The molecule has 0 aliphatic rings. The first-order valence-corrected chi connectivity index (χ1v) is 6.45. The Morgan fingerprint density at radius 3 is 2.30 bits per heavy atom. The quantitative estimate of drug-likeness (QED) is 0.564. The second-order valence-electron chi connectivity index (χ2n) is 4.87. The Balaban J connectivity index is 1.90. The number of benzene rings is 2. The fraction of sp³-hybridized carbons (Fsp3) is 0. The average molecular weight is 260 g/mol. The number of hydrogen-bond acceptors (Lipinski definition) is 2. The predicted octanol–water partition coefficient (Wildman–Crippen LogP) is 3.88. The van der Waals surface area contributed by atoms with E-state index in [-0.39, 0.29) is 5.75 Å². The van der Waals surface area contributed by atoms with E-state index >= 15 is 0 Å². The van der Waals surface area contributed by atoms with E-state index in [0.717, 1.165) is 16.6 Å². The summed E-state index contributed by atoms with van der Waals surface area (Å²) in [5, 5.41) is 13.9. The fourth-order valence-corrected chi connectivity index (χ4v) is 2.47. The van der Waals surface area contributed by atoms with Crippen molar-refractivity contribution in [3.8, 4) is 11.6 Å². The standard InChI is InChI=1S/C17H12N2O/c20-16-6-5-12-8-17(18-9-15(12)7-16)19-10-13-3-1-2-4-14(13)11-19/h1-11,20H. The molecule has 96 valence electrons. The molecule has 0 saturated carbocycles. The van der Waals surface area contributed by atoms with E-state index in [9.17, 15) is 5.11 Å². The van der Waals surface area contributed by atoms with Crippen molar-refractivity contribution in [2.75, 3.05) is 0 Å². The molecule has 3 nitrogen and oxygen atoms in total. The number of hydrogen-bond donors (Lipinski definition) is 1. The van der Waals surface area contributed by atoms with Gasteiger partial charge in [-0.3, -0.25) is 0 Å². The van der Waals surface area contributed by atoms with Gasteiger partial charge in [0.15, 0.2) is 0 Å². The SMILES string of the molecule is Oc1ccc2cc(-n3cc4ccccc4c3)ncc2c1. The highest BCUT2D eigenvalue weighted by molar-refractivity contribution is 5.85. The lowest BCUT2D eigenvalue weighted by molar-refractivity contribution is 0.476. The van der Waals surface area contributed by atoms with Gasteiger partial charge in [-0.05, 0) is 34.4 Å². The van der Waals surface area contributed by atoms with Crippen LogP contribution in [0.2, 0.25) is 0 Å². The Bertz CT molecular complexity index is 891. The summed E-state index contributed by atoms with van der Waals surface area (Å²) in [6.07, 6.45) is 5.93. The lowest BCUT2D eigenvalue weighted by Crippen LogP contribution is -1.93. The van der Waals surface area contributed by atoms with E-state index < -0.39 is 0 Å². The topological polar surface area (TPSA) is 38.0 Å². The molecule has 2 aromatic heterocycles. The van der Waals surface area contributed by atoms with E-state index in [2.05, 4.69) is 29.5 Å². The third-order valence-corrected chi connectivity index (χ3v) is 3.51. The van der Waals surface area contributed by atoms with Gasteiger partial charge in [-0.2, -0.15) is 0 Å². The van der Waals surface area contributed by atoms with E-state index in [1.807, 2.05) is 28.8 Å². The molecular formula is C17H12N2O. The molecule has 0 fully saturated rings. The number of phenolic OH excluding ortho intramolecular Hbond substituents is 1. The molecule has 3 heteroatoms. The van der Waals surface area contributed by atoms with E-state index in [4.69, 9.17) is 0 Å². The number of aromatic hydroxyl groups is 1.